The third-order valence-electron chi connectivity index (χ3n) is 2.71. The van der Waals surface area contributed by atoms with Gasteiger partial charge in [0, 0.05) is 11.8 Å². The molecule has 0 amide bonds. The number of hydrogen-bond donors (Lipinski definition) is 1. The van der Waals surface area contributed by atoms with Crippen LogP contribution in [0.25, 0.3) is 6.08 Å². The number of aryl methyl sites for hydroxylation is 1. The van der Waals surface area contributed by atoms with Crippen molar-refractivity contribution in [3.63, 3.8) is 0 Å². The van der Waals surface area contributed by atoms with Gasteiger partial charge in [-0.3, -0.25) is 10.3 Å². The largest absolute Gasteiger partial charge is 0.274 e. The smallest absolute Gasteiger partial charge is 0.209 e. The zero-order chi connectivity index (χ0) is 15.9. The highest BCUT2D eigenvalue weighted by Crippen LogP contribution is 2.25. The van der Waals surface area contributed by atoms with E-state index in [1.165, 1.54) is 11.8 Å². The van der Waals surface area contributed by atoms with E-state index >= 15 is 0 Å². The van der Waals surface area contributed by atoms with Crippen molar-refractivity contribution in [2.45, 2.75) is 18.7 Å². The van der Waals surface area contributed by atoms with Crippen LogP contribution in [0.5, 0.6) is 0 Å². The van der Waals surface area contributed by atoms with Crippen LogP contribution in [-0.2, 0) is 11.4 Å². The number of halogens is 2. The highest BCUT2D eigenvalue weighted by Gasteiger charge is 2.04. The van der Waals surface area contributed by atoms with Crippen molar-refractivity contribution in [1.29, 1.82) is 0 Å². The number of thioether (sulfide) groups is 1. The van der Waals surface area contributed by atoms with E-state index < -0.39 is 0 Å². The molecule has 0 radical (unpaired) electrons. The molecule has 116 valence electrons. The molecule has 0 atom stereocenters. The molecule has 0 aliphatic carbocycles. The predicted molar refractivity (Wildman–Crippen MR) is 89.8 cm³/mol. The molecule has 8 heteroatoms. The Hall–Kier alpha value is -1.34. The fraction of sp³-hybridized carbons (Fsp3) is 0.214. The van der Waals surface area contributed by atoms with Crippen LogP contribution in [0.15, 0.2) is 29.6 Å². The van der Waals surface area contributed by atoms with Crippen molar-refractivity contribution < 1.29 is 4.84 Å². The van der Waals surface area contributed by atoms with Crippen molar-refractivity contribution in [3.05, 3.63) is 51.4 Å². The van der Waals surface area contributed by atoms with Crippen LogP contribution in [0.2, 0.25) is 10.0 Å². The van der Waals surface area contributed by atoms with Gasteiger partial charge in [0.15, 0.2) is 0 Å². The van der Waals surface area contributed by atoms with E-state index in [4.69, 9.17) is 28.0 Å². The monoisotopic (exact) mass is 356 g/mol. The first-order valence-electron chi connectivity index (χ1n) is 6.34. The second-order valence-electron chi connectivity index (χ2n) is 4.22. The van der Waals surface area contributed by atoms with Gasteiger partial charge in [-0.2, -0.15) is 5.10 Å². The lowest BCUT2D eigenvalue weighted by Gasteiger charge is -2.06. The van der Waals surface area contributed by atoms with Crippen LogP contribution in [0.4, 0.5) is 0 Å². The van der Waals surface area contributed by atoms with Gasteiger partial charge in [-0.05, 0) is 25.3 Å². The summed E-state index contributed by atoms with van der Waals surface area (Å²) < 4.78 is 0. The topological polar surface area (TPSA) is 59.9 Å². The average molecular weight is 357 g/mol. The maximum Gasteiger partial charge on any atom is 0.209 e. The fourth-order valence-electron chi connectivity index (χ4n) is 1.56. The molecule has 22 heavy (non-hydrogen) atoms. The summed E-state index contributed by atoms with van der Waals surface area (Å²) in [4.78, 5) is 9.67. The molecule has 2 aromatic rings. The van der Waals surface area contributed by atoms with E-state index in [1.54, 1.807) is 18.3 Å². The molecule has 0 fully saturated rings. The predicted octanol–water partition coefficient (Wildman–Crippen LogP) is 3.90. The molecule has 0 saturated heterocycles. The number of nitrogens with one attached hydrogen (secondary N) is 1. The van der Waals surface area contributed by atoms with Crippen molar-refractivity contribution >= 4 is 41.0 Å². The van der Waals surface area contributed by atoms with Crippen molar-refractivity contribution in [3.8, 4) is 0 Å². The summed E-state index contributed by atoms with van der Waals surface area (Å²) in [6.07, 6.45) is 5.30. The third-order valence-corrected chi connectivity index (χ3v) is 4.10. The molecule has 0 aliphatic heterocycles. The zero-order valence-electron chi connectivity index (χ0n) is 12.0. The maximum atomic E-state index is 6.07. The standard InChI is InChI=1S/C14H14Cl2N4OS/c1-9-12(18-14(22-2)20-19-9)6-7-17-21-8-10-4-3-5-11(15)13(10)16/h3-7,17H,8H2,1-2H3. The number of aromatic nitrogens is 3. The van der Waals surface area contributed by atoms with E-state index in [9.17, 15) is 0 Å². The lowest BCUT2D eigenvalue weighted by Crippen LogP contribution is -2.07. The van der Waals surface area contributed by atoms with Gasteiger partial charge in [0.25, 0.3) is 0 Å². The molecule has 1 aromatic carbocycles. The van der Waals surface area contributed by atoms with Gasteiger partial charge in [-0.15, -0.1) is 5.10 Å². The molecule has 0 saturated carbocycles. The van der Waals surface area contributed by atoms with Crippen LogP contribution in [-0.4, -0.2) is 21.4 Å². The van der Waals surface area contributed by atoms with Gasteiger partial charge in [-0.25, -0.2) is 4.98 Å². The van der Waals surface area contributed by atoms with Gasteiger partial charge in [-0.1, -0.05) is 47.1 Å². The van der Waals surface area contributed by atoms with Crippen LogP contribution in [0.1, 0.15) is 17.0 Å². The second-order valence-corrected chi connectivity index (χ2v) is 5.78. The Balaban J connectivity index is 1.90. The first-order valence-corrected chi connectivity index (χ1v) is 8.32. The van der Waals surface area contributed by atoms with E-state index in [0.29, 0.717) is 21.8 Å². The third kappa shape index (κ3) is 4.58. The minimum atomic E-state index is 0.292. The number of hydrogen-bond acceptors (Lipinski definition) is 6. The van der Waals surface area contributed by atoms with Gasteiger partial charge < -0.3 is 0 Å². The summed E-state index contributed by atoms with van der Waals surface area (Å²) >= 11 is 13.4. The zero-order valence-corrected chi connectivity index (χ0v) is 14.3. The van der Waals surface area contributed by atoms with Crippen LogP contribution in [0.3, 0.4) is 0 Å². The van der Waals surface area contributed by atoms with Crippen molar-refractivity contribution in [1.82, 2.24) is 20.7 Å². The first kappa shape index (κ1) is 17.0. The van der Waals surface area contributed by atoms with E-state index in [1.807, 2.05) is 25.3 Å². The van der Waals surface area contributed by atoms with Crippen molar-refractivity contribution in [2.24, 2.45) is 0 Å². The lowest BCUT2D eigenvalue weighted by atomic mass is 10.2. The molecule has 0 unspecified atom stereocenters. The molecular formula is C14H14Cl2N4OS. The average Bonchev–Trinajstić information content (AvgIpc) is 2.52. The number of hydroxylamine groups is 1. The lowest BCUT2D eigenvalue weighted by molar-refractivity contribution is 0.0582. The highest BCUT2D eigenvalue weighted by atomic mass is 35.5. The molecule has 1 aromatic heterocycles. The Kier molecular flexibility index (Phi) is 6.45. The molecule has 1 N–H and O–H groups in total. The fourth-order valence-corrected chi connectivity index (χ4v) is 2.25. The Bertz CT molecular complexity index is 682. The Labute approximate surface area is 143 Å². The molecule has 1 heterocycles. The normalized spacial score (nSPS) is 11.1. The van der Waals surface area contributed by atoms with Gasteiger partial charge in [0.2, 0.25) is 5.16 Å². The summed E-state index contributed by atoms with van der Waals surface area (Å²) in [5.74, 6) is 0. The molecule has 0 aliphatic rings. The van der Waals surface area contributed by atoms with Gasteiger partial charge in [0.05, 0.1) is 21.4 Å². The first-order chi connectivity index (χ1) is 10.6. The minimum Gasteiger partial charge on any atom is -0.274 e. The summed E-state index contributed by atoms with van der Waals surface area (Å²) in [5.41, 5.74) is 5.00. The molecule has 5 nitrogen and oxygen atoms in total. The van der Waals surface area contributed by atoms with Crippen LogP contribution >= 0.6 is 35.0 Å². The molecule has 0 spiro atoms. The molecular weight excluding hydrogens is 343 g/mol. The van der Waals surface area contributed by atoms with Gasteiger partial charge in [0.1, 0.15) is 6.61 Å². The maximum absolute atomic E-state index is 6.07. The van der Waals surface area contributed by atoms with E-state index in [-0.39, 0.29) is 0 Å². The quantitative estimate of drug-likeness (QED) is 0.481. The molecule has 0 bridgehead atoms. The van der Waals surface area contributed by atoms with E-state index in [2.05, 4.69) is 20.7 Å². The second kappa shape index (κ2) is 8.33. The number of rotatable bonds is 6. The minimum absolute atomic E-state index is 0.292. The highest BCUT2D eigenvalue weighted by molar-refractivity contribution is 7.98. The number of benzene rings is 1. The summed E-state index contributed by atoms with van der Waals surface area (Å²) in [5, 5.41) is 9.60. The van der Waals surface area contributed by atoms with Gasteiger partial charge >= 0.3 is 0 Å². The van der Waals surface area contributed by atoms with Crippen LogP contribution in [0, 0.1) is 6.92 Å². The van der Waals surface area contributed by atoms with Crippen molar-refractivity contribution in [2.75, 3.05) is 6.26 Å². The number of nitrogens with zero attached hydrogens (tertiary/aromatic N) is 3. The summed E-state index contributed by atoms with van der Waals surface area (Å²) in [6.45, 7) is 2.14. The summed E-state index contributed by atoms with van der Waals surface area (Å²) in [7, 11) is 0. The Morgan fingerprint density at radius 1 is 1.32 bits per heavy atom. The SMILES string of the molecule is CSc1nnc(C)c(C=CNOCc2cccc(Cl)c2Cl)n1. The Morgan fingerprint density at radius 2 is 2.14 bits per heavy atom. The summed E-state index contributed by atoms with van der Waals surface area (Å²) in [6, 6.07) is 5.40. The van der Waals surface area contributed by atoms with Crippen LogP contribution < -0.4 is 5.48 Å². The van der Waals surface area contributed by atoms with E-state index in [0.717, 1.165) is 17.0 Å². The molecule has 2 rings (SSSR count). The Morgan fingerprint density at radius 3 is 2.91 bits per heavy atom.